The van der Waals surface area contributed by atoms with Gasteiger partial charge in [-0.25, -0.2) is 65.9 Å². The third-order valence-corrected chi connectivity index (χ3v) is 10.5. The van der Waals surface area contributed by atoms with Crippen LogP contribution in [0.5, 0.6) is 0 Å². The fraction of sp³-hybridized carbons (Fsp3) is 0.0233. The molecule has 7 aromatic rings. The van der Waals surface area contributed by atoms with Gasteiger partial charge < -0.3 is 0 Å². The zero-order valence-electron chi connectivity index (χ0n) is 30.2. The molecule has 0 fully saturated rings. The predicted octanol–water partition coefficient (Wildman–Crippen LogP) is 9.65. The maximum absolute atomic E-state index is 16.7. The molecule has 7 rings (SSSR count). The Morgan fingerprint density at radius 3 is 0.763 bits per heavy atom. The van der Waals surface area contributed by atoms with Crippen molar-refractivity contribution in [2.75, 3.05) is 0 Å². The zero-order chi connectivity index (χ0) is 42.7. The van der Waals surface area contributed by atoms with E-state index >= 15 is 52.7 Å². The molecule has 0 aliphatic rings. The maximum atomic E-state index is 16.7. The molecule has 0 aromatic heterocycles. The van der Waals surface area contributed by atoms with Crippen LogP contribution in [0.15, 0.2) is 115 Å². The molecule has 0 spiro atoms. The highest BCUT2D eigenvalue weighted by atomic mass is 19.2. The standard InChI is InChI=1S/C43H19BF15/c45-28-25(29(46)35(52)40(57)34(28)51)44(26-30(47)36(53)41(58)37(54)31(26)48,27-32(49)38(55)42(59)39(56)33(27)50)24-19-11-10-18-23(24)43(20-12-4-1-5-13-20,21-14-6-2-7-15-21)22-16-8-3-9-17-22/h1-19H/q-1/p+1. The Morgan fingerprint density at radius 2 is 0.492 bits per heavy atom. The minimum absolute atomic E-state index is 0. The molecule has 0 aliphatic carbocycles. The Bertz CT molecular complexity index is 2430. The molecule has 0 atom stereocenters. The number of benzene rings is 7. The van der Waals surface area contributed by atoms with Crippen molar-refractivity contribution in [3.05, 3.63) is 225 Å². The Morgan fingerprint density at radius 1 is 0.271 bits per heavy atom. The molecular formula is C43H20BF15. The molecule has 300 valence electrons. The van der Waals surface area contributed by atoms with Gasteiger partial charge in [0.05, 0.1) is 5.41 Å². The predicted molar refractivity (Wildman–Crippen MR) is 189 cm³/mol. The average molecular weight is 832 g/mol. The average Bonchev–Trinajstić information content (AvgIpc) is 3.26. The third kappa shape index (κ3) is 5.74. The molecule has 0 aliphatic heterocycles. The second kappa shape index (κ2) is 15.1. The first-order valence-corrected chi connectivity index (χ1v) is 17.0. The van der Waals surface area contributed by atoms with E-state index in [0.29, 0.717) is 6.07 Å². The molecule has 7 aromatic carbocycles. The van der Waals surface area contributed by atoms with Gasteiger partial charge in [0, 0.05) is 0 Å². The number of halogens is 15. The van der Waals surface area contributed by atoms with Crippen LogP contribution in [0.1, 0.15) is 23.7 Å². The minimum Gasteiger partial charge on any atom is -0.207 e. The number of hydrogen-bond donors (Lipinski definition) is 0. The Balaban J connectivity index is 0.00000604. The van der Waals surface area contributed by atoms with E-state index in [1.807, 2.05) is 0 Å². The van der Waals surface area contributed by atoms with Crippen LogP contribution in [-0.4, -0.2) is 6.15 Å². The van der Waals surface area contributed by atoms with Crippen molar-refractivity contribution in [3.63, 3.8) is 0 Å². The quantitative estimate of drug-likeness (QED) is 0.0471. The Kier molecular flexibility index (Phi) is 10.4. The van der Waals surface area contributed by atoms with Crippen molar-refractivity contribution in [1.29, 1.82) is 0 Å². The fourth-order valence-electron chi connectivity index (χ4n) is 8.15. The van der Waals surface area contributed by atoms with Crippen LogP contribution in [0.3, 0.4) is 0 Å². The molecule has 0 unspecified atom stereocenters. The molecule has 16 heteroatoms. The summed E-state index contributed by atoms with van der Waals surface area (Å²) in [6, 6.07) is 25.0. The lowest BCUT2D eigenvalue weighted by atomic mass is 9.11. The van der Waals surface area contributed by atoms with Crippen LogP contribution in [-0.2, 0) is 5.41 Å². The van der Waals surface area contributed by atoms with Crippen LogP contribution in [0, 0.1) is 87.3 Å². The Labute approximate surface area is 325 Å². The summed E-state index contributed by atoms with van der Waals surface area (Å²) in [7, 11) is 0. The summed E-state index contributed by atoms with van der Waals surface area (Å²) in [5, 5.41) is 0. The van der Waals surface area contributed by atoms with Crippen molar-refractivity contribution in [3.8, 4) is 0 Å². The largest absolute Gasteiger partial charge is 1.00 e. The smallest absolute Gasteiger partial charge is 0.207 e. The van der Waals surface area contributed by atoms with Crippen molar-refractivity contribution in [2.24, 2.45) is 0 Å². The molecule has 0 saturated heterocycles. The van der Waals surface area contributed by atoms with E-state index in [2.05, 4.69) is 0 Å². The monoisotopic (exact) mass is 832 g/mol. The van der Waals surface area contributed by atoms with Crippen LogP contribution >= 0.6 is 0 Å². The summed E-state index contributed by atoms with van der Waals surface area (Å²) in [5.41, 5.74) is -12.2. The van der Waals surface area contributed by atoms with Crippen molar-refractivity contribution in [1.82, 2.24) is 0 Å². The molecule has 0 amide bonds. The summed E-state index contributed by atoms with van der Waals surface area (Å²) < 4.78 is 238. The molecule has 0 nitrogen and oxygen atoms in total. The van der Waals surface area contributed by atoms with E-state index in [0.717, 1.165) is 18.2 Å². The molecule has 0 bridgehead atoms. The van der Waals surface area contributed by atoms with E-state index in [1.165, 1.54) is 91.0 Å². The highest BCUT2D eigenvalue weighted by Crippen LogP contribution is 2.45. The first-order valence-electron chi connectivity index (χ1n) is 17.0. The van der Waals surface area contributed by atoms with E-state index in [1.54, 1.807) is 0 Å². The molecule has 0 saturated carbocycles. The lowest BCUT2D eigenvalue weighted by Crippen LogP contribution is -2.80. The van der Waals surface area contributed by atoms with Gasteiger partial charge in [0.2, 0.25) is 0 Å². The number of hydrogen-bond acceptors (Lipinski definition) is 0. The van der Waals surface area contributed by atoms with E-state index in [9.17, 15) is 13.2 Å². The first-order chi connectivity index (χ1) is 28.1. The van der Waals surface area contributed by atoms with Gasteiger partial charge in [0.25, 0.3) is 0 Å². The third-order valence-electron chi connectivity index (χ3n) is 10.5. The van der Waals surface area contributed by atoms with Gasteiger partial charge in [-0.05, 0) is 16.7 Å². The van der Waals surface area contributed by atoms with Crippen molar-refractivity contribution < 1.29 is 67.3 Å². The van der Waals surface area contributed by atoms with Crippen LogP contribution in [0.4, 0.5) is 65.9 Å². The van der Waals surface area contributed by atoms with Crippen molar-refractivity contribution >= 4 is 28.0 Å². The molecule has 0 radical (unpaired) electrons. The van der Waals surface area contributed by atoms with Crippen molar-refractivity contribution in [2.45, 2.75) is 5.41 Å². The van der Waals surface area contributed by atoms with Gasteiger partial charge in [0.1, 0.15) is 41.0 Å². The summed E-state index contributed by atoms with van der Waals surface area (Å²) in [5.74, 6) is -46.0. The summed E-state index contributed by atoms with van der Waals surface area (Å²) in [6.07, 6.45) is -6.11. The topological polar surface area (TPSA) is 0 Å². The maximum Gasteiger partial charge on any atom is 1.00 e. The van der Waals surface area contributed by atoms with Crippen LogP contribution in [0.2, 0.25) is 0 Å². The normalized spacial score (nSPS) is 12.0. The summed E-state index contributed by atoms with van der Waals surface area (Å²) in [6.45, 7) is 0. The van der Waals surface area contributed by atoms with Gasteiger partial charge in [0.15, 0.2) is 52.4 Å². The van der Waals surface area contributed by atoms with Crippen LogP contribution in [0.25, 0.3) is 0 Å². The van der Waals surface area contributed by atoms with Gasteiger partial charge in [-0.1, -0.05) is 121 Å². The Hall–Kier alpha value is -6.45. The first kappa shape index (κ1) is 40.7. The van der Waals surface area contributed by atoms with Gasteiger partial charge in [-0.15, -0.1) is 16.4 Å². The lowest BCUT2D eigenvalue weighted by Gasteiger charge is -2.49. The van der Waals surface area contributed by atoms with Gasteiger partial charge in [-0.2, -0.15) is 5.46 Å². The zero-order valence-corrected chi connectivity index (χ0v) is 29.2. The molecule has 0 heterocycles. The molecule has 0 N–H and O–H groups in total. The van der Waals surface area contributed by atoms with E-state index < -0.39 is 126 Å². The minimum atomic E-state index is -6.11. The highest BCUT2D eigenvalue weighted by Gasteiger charge is 2.52. The van der Waals surface area contributed by atoms with Crippen LogP contribution < -0.4 is 21.9 Å². The molecular weight excluding hydrogens is 812 g/mol. The molecule has 59 heavy (non-hydrogen) atoms. The van der Waals surface area contributed by atoms with Gasteiger partial charge >= 0.3 is 1.43 Å². The number of rotatable bonds is 8. The van der Waals surface area contributed by atoms with E-state index in [-0.39, 0.29) is 18.1 Å². The summed E-state index contributed by atoms with van der Waals surface area (Å²) in [4.78, 5) is 0. The SMILES string of the molecule is Fc1c(F)c(F)c([B-](c2ccccc2C(c2ccccc2)(c2ccccc2)c2ccccc2)(c2c(F)c(F)c(F)c(F)c2F)c2c(F)c(F)c(F)c(F)c2F)c(F)c1F.[H+]. The second-order valence-electron chi connectivity index (χ2n) is 13.3. The van der Waals surface area contributed by atoms with E-state index in [4.69, 9.17) is 0 Å². The lowest BCUT2D eigenvalue weighted by molar-refractivity contribution is 0.380. The summed E-state index contributed by atoms with van der Waals surface area (Å²) >= 11 is 0. The fourth-order valence-corrected chi connectivity index (χ4v) is 8.15. The van der Waals surface area contributed by atoms with Gasteiger partial charge in [-0.3, -0.25) is 0 Å². The highest BCUT2D eigenvalue weighted by molar-refractivity contribution is 7.20. The second-order valence-corrected chi connectivity index (χ2v) is 13.3.